The quantitative estimate of drug-likeness (QED) is 0.166. The number of amides is 2. The Kier molecular flexibility index (Phi) is 8.21. The standard InChI is InChI=1S/C30H24ClN5O5/c31-22-3-1-2-4-23(22)35-30-36-24-10-5-18(15-26(24)41-30)16-27(37)33-21-8-6-19(7-9-21)25(17-28(38)39)34-29(40)20-11-13-32-14-12-20/h1-15,25H,16-17H2,(H,33,37)(H,34,40)(H,35,36)(H,38,39)/t25-/m1/s1. The van der Waals surface area contributed by atoms with Gasteiger partial charge < -0.3 is 25.5 Å². The van der Waals surface area contributed by atoms with E-state index in [2.05, 4.69) is 25.9 Å². The van der Waals surface area contributed by atoms with Crippen LogP contribution in [0, 0.1) is 0 Å². The molecule has 3 aromatic carbocycles. The Morgan fingerprint density at radius 1 is 0.951 bits per heavy atom. The summed E-state index contributed by atoms with van der Waals surface area (Å²) in [5, 5.41) is 18.5. The summed E-state index contributed by atoms with van der Waals surface area (Å²) in [5.74, 6) is -1.72. The number of hydrogen-bond donors (Lipinski definition) is 4. The zero-order chi connectivity index (χ0) is 28.8. The fourth-order valence-corrected chi connectivity index (χ4v) is 4.35. The zero-order valence-electron chi connectivity index (χ0n) is 21.5. The molecule has 0 bridgehead atoms. The van der Waals surface area contributed by atoms with Gasteiger partial charge in [0.05, 0.1) is 29.6 Å². The summed E-state index contributed by atoms with van der Waals surface area (Å²) in [6, 6.07) is 21.8. The molecule has 0 unspecified atom stereocenters. The Hall–Kier alpha value is -5.22. The monoisotopic (exact) mass is 569 g/mol. The molecule has 5 rings (SSSR count). The first kappa shape index (κ1) is 27.4. The topological polar surface area (TPSA) is 146 Å². The third-order valence-corrected chi connectivity index (χ3v) is 6.49. The van der Waals surface area contributed by atoms with Gasteiger partial charge in [0.25, 0.3) is 11.9 Å². The number of hydrogen-bond acceptors (Lipinski definition) is 7. The molecule has 2 amide bonds. The molecule has 4 N–H and O–H groups in total. The molecule has 0 aliphatic carbocycles. The van der Waals surface area contributed by atoms with Gasteiger partial charge in [-0.05, 0) is 59.7 Å². The molecule has 206 valence electrons. The van der Waals surface area contributed by atoms with E-state index in [1.165, 1.54) is 12.4 Å². The molecule has 2 aromatic heterocycles. The Bertz CT molecular complexity index is 1710. The highest BCUT2D eigenvalue weighted by molar-refractivity contribution is 6.33. The van der Waals surface area contributed by atoms with E-state index in [0.717, 1.165) is 5.56 Å². The highest BCUT2D eigenvalue weighted by Gasteiger charge is 2.19. The van der Waals surface area contributed by atoms with Gasteiger partial charge in [-0.3, -0.25) is 19.4 Å². The number of nitrogens with zero attached hydrogens (tertiary/aromatic N) is 2. The number of carboxylic acid groups (broad SMARTS) is 1. The van der Waals surface area contributed by atoms with Crippen LogP contribution in [0.3, 0.4) is 0 Å². The molecule has 0 saturated carbocycles. The molecule has 0 aliphatic heterocycles. The van der Waals surface area contributed by atoms with Crippen LogP contribution in [0.15, 0.2) is 95.7 Å². The molecule has 10 nitrogen and oxygen atoms in total. The lowest BCUT2D eigenvalue weighted by molar-refractivity contribution is -0.137. The second kappa shape index (κ2) is 12.3. The summed E-state index contributed by atoms with van der Waals surface area (Å²) in [7, 11) is 0. The van der Waals surface area contributed by atoms with E-state index >= 15 is 0 Å². The number of nitrogens with one attached hydrogen (secondary N) is 3. The van der Waals surface area contributed by atoms with Crippen LogP contribution in [-0.2, 0) is 16.0 Å². The van der Waals surface area contributed by atoms with E-state index in [1.54, 1.807) is 60.7 Å². The second-order valence-corrected chi connectivity index (χ2v) is 9.54. The summed E-state index contributed by atoms with van der Waals surface area (Å²) in [6.45, 7) is 0. The molecule has 0 fully saturated rings. The van der Waals surface area contributed by atoms with Crippen molar-refractivity contribution >= 4 is 57.9 Å². The van der Waals surface area contributed by atoms with Gasteiger partial charge in [0, 0.05) is 23.6 Å². The molecule has 2 heterocycles. The number of fused-ring (bicyclic) bond motifs is 1. The number of rotatable bonds is 10. The van der Waals surface area contributed by atoms with Gasteiger partial charge >= 0.3 is 5.97 Å². The molecule has 0 saturated heterocycles. The highest BCUT2D eigenvalue weighted by atomic mass is 35.5. The maximum Gasteiger partial charge on any atom is 0.305 e. The minimum atomic E-state index is -1.06. The Morgan fingerprint density at radius 3 is 2.44 bits per heavy atom. The number of oxazole rings is 1. The van der Waals surface area contributed by atoms with Gasteiger partial charge in [-0.2, -0.15) is 4.98 Å². The summed E-state index contributed by atoms with van der Waals surface area (Å²) in [6.07, 6.45) is 2.76. The SMILES string of the molecule is O=C(O)C[C@@H](NC(=O)c1ccncc1)c1ccc(NC(=O)Cc2ccc3nc(Nc4ccccc4Cl)oc3c2)cc1. The largest absolute Gasteiger partial charge is 0.481 e. The number of halogens is 1. The summed E-state index contributed by atoms with van der Waals surface area (Å²) in [5.41, 5.74) is 4.03. The number of pyridine rings is 1. The molecule has 1 atom stereocenters. The Morgan fingerprint density at radius 2 is 1.71 bits per heavy atom. The first-order valence-corrected chi connectivity index (χ1v) is 13.0. The lowest BCUT2D eigenvalue weighted by atomic mass is 10.0. The van der Waals surface area contributed by atoms with Gasteiger partial charge in [-0.15, -0.1) is 0 Å². The highest BCUT2D eigenvalue weighted by Crippen LogP contribution is 2.27. The van der Waals surface area contributed by atoms with Crippen molar-refractivity contribution in [2.45, 2.75) is 18.9 Å². The third kappa shape index (κ3) is 7.06. The minimum Gasteiger partial charge on any atom is -0.481 e. The smallest absolute Gasteiger partial charge is 0.305 e. The van der Waals surface area contributed by atoms with Crippen molar-refractivity contribution in [3.63, 3.8) is 0 Å². The number of carboxylic acids is 1. The van der Waals surface area contributed by atoms with Crippen molar-refractivity contribution in [3.8, 4) is 0 Å². The van der Waals surface area contributed by atoms with Crippen LogP contribution in [0.4, 0.5) is 17.4 Å². The fraction of sp³-hybridized carbons (Fsp3) is 0.100. The van der Waals surface area contributed by atoms with E-state index in [9.17, 15) is 19.5 Å². The van der Waals surface area contributed by atoms with Gasteiger partial charge in [0.2, 0.25) is 5.91 Å². The van der Waals surface area contributed by atoms with Gasteiger partial charge in [0.15, 0.2) is 5.58 Å². The van der Waals surface area contributed by atoms with E-state index in [1.807, 2.05) is 18.2 Å². The van der Waals surface area contributed by atoms with Crippen molar-refractivity contribution in [2.24, 2.45) is 0 Å². The summed E-state index contributed by atoms with van der Waals surface area (Å²) < 4.78 is 5.80. The maximum absolute atomic E-state index is 12.7. The molecule has 11 heteroatoms. The van der Waals surface area contributed by atoms with Crippen LogP contribution in [0.1, 0.15) is 33.9 Å². The first-order chi connectivity index (χ1) is 19.8. The summed E-state index contributed by atoms with van der Waals surface area (Å²) in [4.78, 5) is 45.0. The van der Waals surface area contributed by atoms with Gasteiger partial charge in [-0.1, -0.05) is 41.9 Å². The van der Waals surface area contributed by atoms with E-state index in [4.69, 9.17) is 16.0 Å². The van der Waals surface area contributed by atoms with Gasteiger partial charge in [0.1, 0.15) is 5.52 Å². The number of aliphatic carboxylic acids is 1. The average Bonchev–Trinajstić information content (AvgIpc) is 3.36. The lowest BCUT2D eigenvalue weighted by Crippen LogP contribution is -2.30. The third-order valence-electron chi connectivity index (χ3n) is 6.16. The van der Waals surface area contributed by atoms with Crippen LogP contribution < -0.4 is 16.0 Å². The zero-order valence-corrected chi connectivity index (χ0v) is 22.3. The van der Waals surface area contributed by atoms with Crippen LogP contribution in [0.5, 0.6) is 0 Å². The number of para-hydroxylation sites is 1. The van der Waals surface area contributed by atoms with E-state index in [0.29, 0.717) is 38.6 Å². The van der Waals surface area contributed by atoms with Crippen molar-refractivity contribution in [1.29, 1.82) is 0 Å². The van der Waals surface area contributed by atoms with Crippen LogP contribution in [0.25, 0.3) is 11.1 Å². The Labute approximate surface area is 239 Å². The fourth-order valence-electron chi connectivity index (χ4n) is 4.17. The van der Waals surface area contributed by atoms with Crippen molar-refractivity contribution in [3.05, 3.63) is 113 Å². The summed E-state index contributed by atoms with van der Waals surface area (Å²) >= 11 is 6.19. The average molecular weight is 570 g/mol. The van der Waals surface area contributed by atoms with E-state index < -0.39 is 17.9 Å². The van der Waals surface area contributed by atoms with Crippen LogP contribution >= 0.6 is 11.6 Å². The molecule has 0 aliphatic rings. The van der Waals surface area contributed by atoms with E-state index in [-0.39, 0.29) is 24.8 Å². The second-order valence-electron chi connectivity index (χ2n) is 9.13. The molecule has 5 aromatic rings. The maximum atomic E-state index is 12.7. The lowest BCUT2D eigenvalue weighted by Gasteiger charge is -2.18. The number of anilines is 3. The molecule has 41 heavy (non-hydrogen) atoms. The predicted molar refractivity (Wildman–Crippen MR) is 154 cm³/mol. The normalized spacial score (nSPS) is 11.5. The molecular formula is C30H24ClN5O5. The van der Waals surface area contributed by atoms with Crippen LogP contribution in [-0.4, -0.2) is 32.9 Å². The van der Waals surface area contributed by atoms with Crippen LogP contribution in [0.2, 0.25) is 5.02 Å². The number of carbonyl (C=O) groups is 3. The van der Waals surface area contributed by atoms with Crippen molar-refractivity contribution < 1.29 is 23.9 Å². The molecule has 0 spiro atoms. The van der Waals surface area contributed by atoms with Crippen molar-refractivity contribution in [1.82, 2.24) is 15.3 Å². The van der Waals surface area contributed by atoms with Gasteiger partial charge in [-0.25, -0.2) is 0 Å². The molecule has 0 radical (unpaired) electrons. The molecular weight excluding hydrogens is 546 g/mol. The predicted octanol–water partition coefficient (Wildman–Crippen LogP) is 5.75. The number of carbonyl (C=O) groups excluding carboxylic acids is 2. The number of aromatic nitrogens is 2. The minimum absolute atomic E-state index is 0.0926. The first-order valence-electron chi connectivity index (χ1n) is 12.6. The van der Waals surface area contributed by atoms with Crippen molar-refractivity contribution in [2.75, 3.05) is 10.6 Å². The number of benzene rings is 3. The Balaban J connectivity index is 1.22.